The quantitative estimate of drug-likeness (QED) is 0.548. The predicted octanol–water partition coefficient (Wildman–Crippen LogP) is 2.15. The van der Waals surface area contributed by atoms with E-state index in [1.807, 2.05) is 30.3 Å². The maximum atomic E-state index is 5.78. The third-order valence-corrected chi connectivity index (χ3v) is 3.23. The Balaban J connectivity index is 2.14. The molecule has 1 aromatic carbocycles. The minimum atomic E-state index is 0.220. The van der Waals surface area contributed by atoms with E-state index in [9.17, 15) is 0 Å². The van der Waals surface area contributed by atoms with Gasteiger partial charge in [-0.3, -0.25) is 10.1 Å². The molecular formula is C14H10N6. The van der Waals surface area contributed by atoms with Crippen LogP contribution in [-0.4, -0.2) is 25.1 Å². The Hall–Kier alpha value is -3.02. The summed E-state index contributed by atoms with van der Waals surface area (Å²) in [5.74, 6) is 0.220. The number of aromatic nitrogens is 5. The summed E-state index contributed by atoms with van der Waals surface area (Å²) >= 11 is 0. The molecule has 0 bridgehead atoms. The van der Waals surface area contributed by atoms with Gasteiger partial charge in [-0.15, -0.1) is 0 Å². The van der Waals surface area contributed by atoms with Gasteiger partial charge in [-0.25, -0.2) is 4.98 Å². The van der Waals surface area contributed by atoms with Gasteiger partial charge in [-0.2, -0.15) is 10.1 Å². The van der Waals surface area contributed by atoms with Crippen molar-refractivity contribution in [1.29, 1.82) is 0 Å². The number of hydrogen-bond acceptors (Lipinski definition) is 5. The Morgan fingerprint density at radius 3 is 2.90 bits per heavy atom. The van der Waals surface area contributed by atoms with E-state index >= 15 is 0 Å². The van der Waals surface area contributed by atoms with Crippen molar-refractivity contribution in [3.8, 4) is 11.3 Å². The van der Waals surface area contributed by atoms with E-state index in [-0.39, 0.29) is 5.95 Å². The van der Waals surface area contributed by atoms with Crippen molar-refractivity contribution < 1.29 is 0 Å². The van der Waals surface area contributed by atoms with Gasteiger partial charge in [0, 0.05) is 17.1 Å². The highest BCUT2D eigenvalue weighted by Crippen LogP contribution is 2.30. The Labute approximate surface area is 113 Å². The first kappa shape index (κ1) is 10.9. The van der Waals surface area contributed by atoms with Crippen LogP contribution in [0.1, 0.15) is 0 Å². The topological polar surface area (TPSA) is 93.4 Å². The monoisotopic (exact) mass is 262 g/mol. The highest BCUT2D eigenvalue weighted by molar-refractivity contribution is 6.01. The van der Waals surface area contributed by atoms with Crippen molar-refractivity contribution in [2.24, 2.45) is 0 Å². The van der Waals surface area contributed by atoms with Crippen molar-refractivity contribution >= 4 is 27.9 Å². The van der Waals surface area contributed by atoms with Crippen molar-refractivity contribution in [3.05, 3.63) is 42.7 Å². The lowest BCUT2D eigenvalue weighted by molar-refractivity contribution is 1.09. The zero-order chi connectivity index (χ0) is 13.5. The van der Waals surface area contributed by atoms with Crippen molar-refractivity contribution in [3.63, 3.8) is 0 Å². The highest BCUT2D eigenvalue weighted by atomic mass is 15.2. The van der Waals surface area contributed by atoms with Crippen LogP contribution < -0.4 is 5.73 Å². The number of hydrogen-bond donors (Lipinski definition) is 2. The fraction of sp³-hybridized carbons (Fsp3) is 0. The number of pyridine rings is 1. The lowest BCUT2D eigenvalue weighted by Crippen LogP contribution is -1.97. The van der Waals surface area contributed by atoms with Gasteiger partial charge in [0.05, 0.1) is 22.8 Å². The number of nitrogens with zero attached hydrogens (tertiary/aromatic N) is 4. The molecule has 0 saturated heterocycles. The first-order valence-electron chi connectivity index (χ1n) is 6.13. The van der Waals surface area contributed by atoms with E-state index in [4.69, 9.17) is 5.73 Å². The van der Waals surface area contributed by atoms with Gasteiger partial charge in [-0.05, 0) is 12.1 Å². The van der Waals surface area contributed by atoms with Crippen LogP contribution in [0.2, 0.25) is 0 Å². The molecule has 0 saturated carbocycles. The molecule has 96 valence electrons. The number of nitrogens with one attached hydrogen (secondary N) is 1. The maximum Gasteiger partial charge on any atom is 0.222 e. The van der Waals surface area contributed by atoms with E-state index in [0.29, 0.717) is 5.65 Å². The second-order valence-electron chi connectivity index (χ2n) is 4.44. The van der Waals surface area contributed by atoms with E-state index in [2.05, 4.69) is 25.1 Å². The zero-order valence-corrected chi connectivity index (χ0v) is 10.4. The van der Waals surface area contributed by atoms with Gasteiger partial charge < -0.3 is 5.73 Å². The van der Waals surface area contributed by atoms with Gasteiger partial charge in [0.15, 0.2) is 5.65 Å². The molecule has 3 aromatic heterocycles. The number of benzene rings is 1. The molecule has 3 N–H and O–H groups in total. The summed E-state index contributed by atoms with van der Waals surface area (Å²) in [6, 6.07) is 9.84. The van der Waals surface area contributed by atoms with E-state index in [0.717, 1.165) is 27.5 Å². The van der Waals surface area contributed by atoms with Gasteiger partial charge in [0.1, 0.15) is 0 Å². The third kappa shape index (κ3) is 1.51. The fourth-order valence-corrected chi connectivity index (χ4v) is 2.37. The van der Waals surface area contributed by atoms with Crippen LogP contribution in [0.15, 0.2) is 42.7 Å². The van der Waals surface area contributed by atoms with Crippen LogP contribution in [0.3, 0.4) is 0 Å². The number of rotatable bonds is 1. The number of nitrogen functional groups attached to an aromatic ring is 1. The molecular weight excluding hydrogens is 252 g/mol. The Morgan fingerprint density at radius 2 is 1.95 bits per heavy atom. The van der Waals surface area contributed by atoms with Crippen LogP contribution in [0.25, 0.3) is 33.2 Å². The number of anilines is 1. The van der Waals surface area contributed by atoms with Crippen LogP contribution in [0, 0.1) is 0 Å². The van der Waals surface area contributed by atoms with Gasteiger partial charge in [0.2, 0.25) is 5.95 Å². The van der Waals surface area contributed by atoms with Crippen molar-refractivity contribution in [2.45, 2.75) is 0 Å². The highest BCUT2D eigenvalue weighted by Gasteiger charge is 2.12. The SMILES string of the molecule is Nc1nc(-c2cccc3ncccc23)c2cn[nH]c2n1. The second-order valence-corrected chi connectivity index (χ2v) is 4.44. The lowest BCUT2D eigenvalue weighted by atomic mass is 10.0. The summed E-state index contributed by atoms with van der Waals surface area (Å²) in [5, 5.41) is 8.70. The van der Waals surface area contributed by atoms with Crippen LogP contribution in [0.4, 0.5) is 5.95 Å². The summed E-state index contributed by atoms with van der Waals surface area (Å²) in [6.45, 7) is 0. The van der Waals surface area contributed by atoms with E-state index in [1.165, 1.54) is 0 Å². The molecule has 6 heteroatoms. The first-order chi connectivity index (χ1) is 9.83. The average Bonchev–Trinajstić information content (AvgIpc) is 2.94. The minimum absolute atomic E-state index is 0.220. The third-order valence-electron chi connectivity index (χ3n) is 3.23. The van der Waals surface area contributed by atoms with Gasteiger partial charge in [-0.1, -0.05) is 18.2 Å². The summed E-state index contributed by atoms with van der Waals surface area (Å²) in [4.78, 5) is 12.9. The molecule has 0 aliphatic rings. The standard InChI is InChI=1S/C14H10N6/c15-14-18-12(10-7-17-20-13(10)19-14)9-3-1-5-11-8(9)4-2-6-16-11/h1-7H,(H3,15,17,18,19,20). The van der Waals surface area contributed by atoms with Crippen LogP contribution in [0.5, 0.6) is 0 Å². The molecule has 0 aliphatic carbocycles. The summed E-state index contributed by atoms with van der Waals surface area (Å²) in [6.07, 6.45) is 3.48. The Bertz CT molecular complexity index is 922. The second kappa shape index (κ2) is 3.99. The minimum Gasteiger partial charge on any atom is -0.368 e. The number of fused-ring (bicyclic) bond motifs is 2. The van der Waals surface area contributed by atoms with Gasteiger partial charge in [0.25, 0.3) is 0 Å². The molecule has 4 rings (SSSR count). The van der Waals surface area contributed by atoms with Crippen LogP contribution >= 0.6 is 0 Å². The molecule has 4 aromatic rings. The van der Waals surface area contributed by atoms with Crippen LogP contribution in [-0.2, 0) is 0 Å². The zero-order valence-electron chi connectivity index (χ0n) is 10.4. The molecule has 0 atom stereocenters. The summed E-state index contributed by atoms with van der Waals surface area (Å²) < 4.78 is 0. The molecule has 0 spiro atoms. The summed E-state index contributed by atoms with van der Waals surface area (Å²) in [5.41, 5.74) is 9.06. The molecule has 6 nitrogen and oxygen atoms in total. The number of aromatic amines is 1. The van der Waals surface area contributed by atoms with Crippen molar-refractivity contribution in [1.82, 2.24) is 25.1 Å². The lowest BCUT2D eigenvalue weighted by Gasteiger charge is -2.06. The van der Waals surface area contributed by atoms with Crippen molar-refractivity contribution in [2.75, 3.05) is 5.73 Å². The largest absolute Gasteiger partial charge is 0.368 e. The first-order valence-corrected chi connectivity index (χ1v) is 6.13. The molecule has 0 aliphatic heterocycles. The maximum absolute atomic E-state index is 5.78. The molecule has 3 heterocycles. The average molecular weight is 262 g/mol. The molecule has 0 unspecified atom stereocenters. The number of H-pyrrole nitrogens is 1. The van der Waals surface area contributed by atoms with Gasteiger partial charge >= 0.3 is 0 Å². The Morgan fingerprint density at radius 1 is 1.00 bits per heavy atom. The molecule has 0 amide bonds. The summed E-state index contributed by atoms with van der Waals surface area (Å²) in [7, 11) is 0. The Kier molecular flexibility index (Phi) is 2.17. The molecule has 0 radical (unpaired) electrons. The molecule has 0 fully saturated rings. The predicted molar refractivity (Wildman–Crippen MR) is 76.8 cm³/mol. The van der Waals surface area contributed by atoms with E-state index in [1.54, 1.807) is 12.4 Å². The molecule has 20 heavy (non-hydrogen) atoms. The number of nitrogens with two attached hydrogens (primary N) is 1. The normalized spacial score (nSPS) is 11.2. The fourth-order valence-electron chi connectivity index (χ4n) is 2.37. The van der Waals surface area contributed by atoms with E-state index < -0.39 is 0 Å². The smallest absolute Gasteiger partial charge is 0.222 e.